The second-order valence-electron chi connectivity index (χ2n) is 7.44. The highest BCUT2D eigenvalue weighted by Gasteiger charge is 2.57. The predicted molar refractivity (Wildman–Crippen MR) is 69.5 cm³/mol. The number of rotatable bonds is 4. The third kappa shape index (κ3) is 1.67. The van der Waals surface area contributed by atoms with Crippen LogP contribution in [0.25, 0.3) is 0 Å². The van der Waals surface area contributed by atoms with Gasteiger partial charge in [-0.3, -0.25) is 0 Å². The Morgan fingerprint density at radius 2 is 1.59 bits per heavy atom. The molecule has 4 saturated carbocycles. The predicted octanol–water partition coefficient (Wildman–Crippen LogP) is 2.55. The van der Waals surface area contributed by atoms with Gasteiger partial charge in [0.05, 0.1) is 0 Å². The van der Waals surface area contributed by atoms with Crippen LogP contribution in [0.4, 0.5) is 0 Å². The van der Waals surface area contributed by atoms with Crippen LogP contribution >= 0.6 is 0 Å². The summed E-state index contributed by atoms with van der Waals surface area (Å²) in [6.07, 6.45) is 9.54. The molecule has 3 N–H and O–H groups in total. The van der Waals surface area contributed by atoms with Crippen molar-refractivity contribution < 1.29 is 5.11 Å². The lowest BCUT2D eigenvalue weighted by Crippen LogP contribution is -2.56. The van der Waals surface area contributed by atoms with Crippen molar-refractivity contribution in [2.75, 3.05) is 13.2 Å². The third-order valence-corrected chi connectivity index (χ3v) is 6.43. The molecule has 4 rings (SSSR count). The minimum atomic E-state index is 0.178. The Bertz CT molecular complexity index is 266. The molecular weight excluding hydrogens is 210 g/mol. The van der Waals surface area contributed by atoms with Crippen LogP contribution in [0, 0.1) is 28.6 Å². The third-order valence-electron chi connectivity index (χ3n) is 6.43. The summed E-state index contributed by atoms with van der Waals surface area (Å²) in [5.41, 5.74) is 6.75. The first-order valence-electron chi connectivity index (χ1n) is 7.42. The molecule has 98 valence electrons. The summed E-state index contributed by atoms with van der Waals surface area (Å²) in [7, 11) is 0. The Kier molecular flexibility index (Phi) is 2.79. The average molecular weight is 237 g/mol. The van der Waals surface area contributed by atoms with E-state index in [1.54, 1.807) is 0 Å². The maximum atomic E-state index is 9.38. The molecule has 4 aliphatic rings. The summed E-state index contributed by atoms with van der Waals surface area (Å²) in [6.45, 7) is 3.39. The van der Waals surface area contributed by atoms with Crippen molar-refractivity contribution >= 4 is 0 Å². The van der Waals surface area contributed by atoms with Crippen LogP contribution < -0.4 is 5.73 Å². The van der Waals surface area contributed by atoms with E-state index in [1.165, 1.54) is 38.5 Å². The molecule has 0 amide bonds. The number of aliphatic hydroxyl groups is 1. The molecule has 2 nitrogen and oxygen atoms in total. The molecule has 0 aromatic rings. The van der Waals surface area contributed by atoms with Crippen LogP contribution in [-0.2, 0) is 0 Å². The Hall–Kier alpha value is -0.0800. The molecular formula is C15H27NO. The van der Waals surface area contributed by atoms with Crippen molar-refractivity contribution in [3.63, 3.8) is 0 Å². The fourth-order valence-corrected chi connectivity index (χ4v) is 5.68. The number of aliphatic hydroxyl groups excluding tert-OH is 1. The van der Waals surface area contributed by atoms with Gasteiger partial charge in [0.25, 0.3) is 0 Å². The Labute approximate surface area is 105 Å². The van der Waals surface area contributed by atoms with Gasteiger partial charge in [-0.05, 0) is 80.1 Å². The van der Waals surface area contributed by atoms with Gasteiger partial charge < -0.3 is 10.8 Å². The molecule has 0 saturated heterocycles. The van der Waals surface area contributed by atoms with Crippen molar-refractivity contribution in [2.45, 2.75) is 51.9 Å². The van der Waals surface area contributed by atoms with Crippen LogP contribution in [0.2, 0.25) is 0 Å². The van der Waals surface area contributed by atoms with Gasteiger partial charge in [-0.1, -0.05) is 6.92 Å². The first-order chi connectivity index (χ1) is 8.11. The molecule has 4 bridgehead atoms. The summed E-state index contributed by atoms with van der Waals surface area (Å²) in [5, 5.41) is 9.38. The van der Waals surface area contributed by atoms with Crippen LogP contribution in [-0.4, -0.2) is 18.3 Å². The summed E-state index contributed by atoms with van der Waals surface area (Å²) in [4.78, 5) is 0. The number of hydrogen-bond acceptors (Lipinski definition) is 2. The minimum absolute atomic E-state index is 0.178. The zero-order chi connectivity index (χ0) is 12.1. The average Bonchev–Trinajstić information content (AvgIpc) is 2.27. The van der Waals surface area contributed by atoms with E-state index in [2.05, 4.69) is 6.92 Å². The molecule has 17 heavy (non-hydrogen) atoms. The summed E-state index contributed by atoms with van der Waals surface area (Å²) < 4.78 is 0. The van der Waals surface area contributed by atoms with E-state index in [1.807, 2.05) is 0 Å². The molecule has 0 radical (unpaired) electrons. The summed E-state index contributed by atoms with van der Waals surface area (Å²) in [6, 6.07) is 0. The largest absolute Gasteiger partial charge is 0.396 e. The molecule has 0 aromatic carbocycles. The maximum Gasteiger partial charge on any atom is 0.0436 e. The first kappa shape index (κ1) is 12.0. The van der Waals surface area contributed by atoms with E-state index in [-0.39, 0.29) is 5.41 Å². The van der Waals surface area contributed by atoms with Crippen molar-refractivity contribution in [1.82, 2.24) is 0 Å². The zero-order valence-electron chi connectivity index (χ0n) is 11.1. The van der Waals surface area contributed by atoms with Gasteiger partial charge >= 0.3 is 0 Å². The Balaban J connectivity index is 1.90. The molecule has 0 aromatic heterocycles. The van der Waals surface area contributed by atoms with Crippen LogP contribution in [0.15, 0.2) is 0 Å². The summed E-state index contributed by atoms with van der Waals surface area (Å²) >= 11 is 0. The van der Waals surface area contributed by atoms with Crippen molar-refractivity contribution in [2.24, 2.45) is 34.3 Å². The lowest BCUT2D eigenvalue weighted by atomic mass is 9.42. The highest BCUT2D eigenvalue weighted by atomic mass is 16.3. The second kappa shape index (κ2) is 3.96. The SMILES string of the molecule is CC(CN)(CCO)C12CC3CC(CC(C3)C1)C2. The van der Waals surface area contributed by atoms with Gasteiger partial charge in [0, 0.05) is 6.61 Å². The fraction of sp³-hybridized carbons (Fsp3) is 1.00. The maximum absolute atomic E-state index is 9.38. The molecule has 1 unspecified atom stereocenters. The lowest BCUT2D eigenvalue weighted by molar-refractivity contribution is -0.128. The van der Waals surface area contributed by atoms with Gasteiger partial charge in [0.1, 0.15) is 0 Å². The van der Waals surface area contributed by atoms with Gasteiger partial charge in [0.2, 0.25) is 0 Å². The molecule has 4 aliphatic carbocycles. The van der Waals surface area contributed by atoms with E-state index >= 15 is 0 Å². The lowest BCUT2D eigenvalue weighted by Gasteiger charge is -2.63. The quantitative estimate of drug-likeness (QED) is 0.789. The van der Waals surface area contributed by atoms with E-state index in [9.17, 15) is 5.11 Å². The van der Waals surface area contributed by atoms with Gasteiger partial charge in [0.15, 0.2) is 0 Å². The topological polar surface area (TPSA) is 46.2 Å². The zero-order valence-corrected chi connectivity index (χ0v) is 11.1. The molecule has 0 heterocycles. The van der Waals surface area contributed by atoms with Crippen molar-refractivity contribution in [3.05, 3.63) is 0 Å². The molecule has 0 spiro atoms. The monoisotopic (exact) mass is 237 g/mol. The molecule has 0 aliphatic heterocycles. The fourth-order valence-electron chi connectivity index (χ4n) is 5.68. The van der Waals surface area contributed by atoms with E-state index in [0.717, 1.165) is 30.7 Å². The highest BCUT2D eigenvalue weighted by molar-refractivity contribution is 5.08. The molecule has 4 fully saturated rings. The number of hydrogen-bond donors (Lipinski definition) is 2. The van der Waals surface area contributed by atoms with E-state index < -0.39 is 0 Å². The van der Waals surface area contributed by atoms with Gasteiger partial charge in [-0.25, -0.2) is 0 Å². The molecule has 2 heteroatoms. The van der Waals surface area contributed by atoms with Crippen LogP contribution in [0.5, 0.6) is 0 Å². The van der Waals surface area contributed by atoms with Crippen molar-refractivity contribution in [1.29, 1.82) is 0 Å². The van der Waals surface area contributed by atoms with Gasteiger partial charge in [-0.2, -0.15) is 0 Å². The summed E-state index contributed by atoms with van der Waals surface area (Å²) in [5.74, 6) is 2.93. The minimum Gasteiger partial charge on any atom is -0.396 e. The number of nitrogens with two attached hydrogens (primary N) is 1. The van der Waals surface area contributed by atoms with E-state index in [4.69, 9.17) is 5.73 Å². The van der Waals surface area contributed by atoms with Crippen LogP contribution in [0.3, 0.4) is 0 Å². The second-order valence-corrected chi connectivity index (χ2v) is 7.44. The molecule has 1 atom stereocenters. The standard InChI is InChI=1S/C15H27NO/c1-14(10-16,2-3-17)15-7-11-4-12(8-15)6-13(5-11)9-15/h11-13,17H,2-10,16H2,1H3. The normalized spacial score (nSPS) is 47.1. The first-order valence-corrected chi connectivity index (χ1v) is 7.42. The van der Waals surface area contributed by atoms with Crippen LogP contribution in [0.1, 0.15) is 51.9 Å². The highest BCUT2D eigenvalue weighted by Crippen LogP contribution is 2.66. The Morgan fingerprint density at radius 3 is 1.94 bits per heavy atom. The van der Waals surface area contributed by atoms with Gasteiger partial charge in [-0.15, -0.1) is 0 Å². The Morgan fingerprint density at radius 1 is 1.12 bits per heavy atom. The van der Waals surface area contributed by atoms with Crippen molar-refractivity contribution in [3.8, 4) is 0 Å². The van der Waals surface area contributed by atoms with E-state index in [0.29, 0.717) is 12.0 Å². The smallest absolute Gasteiger partial charge is 0.0436 e.